The van der Waals surface area contributed by atoms with Gasteiger partial charge in [-0.3, -0.25) is 0 Å². The summed E-state index contributed by atoms with van der Waals surface area (Å²) in [6.45, 7) is 4.19. The molecule has 1 fully saturated rings. The van der Waals surface area contributed by atoms with Gasteiger partial charge in [-0.2, -0.15) is 0 Å². The number of aliphatic hydroxyl groups excluding tert-OH is 1. The van der Waals surface area contributed by atoms with Gasteiger partial charge in [0.05, 0.1) is 11.9 Å². The number of hydrogen-bond acceptors (Lipinski definition) is 4. The summed E-state index contributed by atoms with van der Waals surface area (Å²) in [7, 11) is -3.39. The van der Waals surface area contributed by atoms with Gasteiger partial charge in [0.1, 0.15) is 0 Å². The first kappa shape index (κ1) is 19.5. The number of benzene rings is 1. The molecule has 6 heteroatoms. The van der Waals surface area contributed by atoms with Crippen LogP contribution in [-0.2, 0) is 21.2 Å². The van der Waals surface area contributed by atoms with Gasteiger partial charge in [0.15, 0.2) is 0 Å². The molecule has 1 unspecified atom stereocenters. The molecule has 0 spiro atoms. The van der Waals surface area contributed by atoms with Crippen molar-refractivity contribution in [3.8, 4) is 0 Å². The molecule has 3 rings (SSSR count). The zero-order valence-electron chi connectivity index (χ0n) is 15.4. The van der Waals surface area contributed by atoms with Crippen LogP contribution in [0.4, 0.5) is 0 Å². The van der Waals surface area contributed by atoms with E-state index >= 15 is 0 Å². The third kappa shape index (κ3) is 4.55. The van der Waals surface area contributed by atoms with Crippen LogP contribution in [0.1, 0.15) is 59.6 Å². The minimum Gasteiger partial charge on any atom is -0.388 e. The molecule has 0 aliphatic heterocycles. The van der Waals surface area contributed by atoms with Crippen LogP contribution in [0.3, 0.4) is 0 Å². The van der Waals surface area contributed by atoms with Gasteiger partial charge in [-0.25, -0.2) is 13.1 Å². The first-order valence-corrected chi connectivity index (χ1v) is 11.6. The van der Waals surface area contributed by atoms with E-state index in [1.165, 1.54) is 4.88 Å². The highest BCUT2D eigenvalue weighted by atomic mass is 32.2. The first-order chi connectivity index (χ1) is 12.3. The molecule has 1 aliphatic carbocycles. The van der Waals surface area contributed by atoms with Crippen molar-refractivity contribution in [2.45, 2.75) is 56.8 Å². The van der Waals surface area contributed by atoms with E-state index in [4.69, 9.17) is 0 Å². The smallest absolute Gasteiger partial charge is 0.215 e. The molecule has 1 aliphatic rings. The van der Waals surface area contributed by atoms with E-state index in [1.54, 1.807) is 18.3 Å². The lowest BCUT2D eigenvalue weighted by atomic mass is 9.85. The Hall–Kier alpha value is -1.21. The predicted octanol–water partition coefficient (Wildman–Crippen LogP) is 4.04. The normalized spacial score (nSPS) is 18.1. The Labute approximate surface area is 160 Å². The summed E-state index contributed by atoms with van der Waals surface area (Å²) in [6, 6.07) is 11.6. The molecule has 4 nitrogen and oxygen atoms in total. The molecule has 1 heterocycles. The minimum atomic E-state index is -3.39. The Bertz CT molecular complexity index is 832. The minimum absolute atomic E-state index is 0.00667. The topological polar surface area (TPSA) is 66.4 Å². The molecule has 1 aromatic heterocycles. The largest absolute Gasteiger partial charge is 0.388 e. The van der Waals surface area contributed by atoms with Gasteiger partial charge in [-0.15, -0.1) is 11.3 Å². The summed E-state index contributed by atoms with van der Waals surface area (Å²) in [6.07, 6.45) is 3.72. The maximum absolute atomic E-state index is 12.6. The van der Waals surface area contributed by atoms with E-state index in [2.05, 4.69) is 10.8 Å². The van der Waals surface area contributed by atoms with Crippen LogP contribution in [0, 0.1) is 6.92 Å². The van der Waals surface area contributed by atoms with Crippen molar-refractivity contribution in [2.75, 3.05) is 6.54 Å². The van der Waals surface area contributed by atoms with Crippen molar-refractivity contribution in [3.63, 3.8) is 0 Å². The lowest BCUT2D eigenvalue weighted by Crippen LogP contribution is -2.39. The van der Waals surface area contributed by atoms with Gasteiger partial charge in [0.2, 0.25) is 10.0 Å². The Morgan fingerprint density at radius 2 is 1.81 bits per heavy atom. The monoisotopic (exact) mass is 393 g/mol. The summed E-state index contributed by atoms with van der Waals surface area (Å²) >= 11 is 1.61. The lowest BCUT2D eigenvalue weighted by molar-refractivity contribution is 0.203. The molecule has 2 N–H and O–H groups in total. The summed E-state index contributed by atoms with van der Waals surface area (Å²) in [5, 5.41) is 9.81. The number of sulfonamides is 1. The molecule has 2 aromatic rings. The second kappa shape index (κ2) is 7.80. The first-order valence-electron chi connectivity index (χ1n) is 9.11. The van der Waals surface area contributed by atoms with Gasteiger partial charge in [0, 0.05) is 21.7 Å². The number of hydrogen-bond donors (Lipinski definition) is 2. The molecule has 0 saturated heterocycles. The molecule has 1 saturated carbocycles. The number of aliphatic hydroxyl groups is 1. The second-order valence-corrected chi connectivity index (χ2v) is 10.4. The molecule has 1 aromatic carbocycles. The average molecular weight is 394 g/mol. The quantitative estimate of drug-likeness (QED) is 0.746. The van der Waals surface area contributed by atoms with Gasteiger partial charge >= 0.3 is 0 Å². The van der Waals surface area contributed by atoms with E-state index in [0.717, 1.165) is 41.7 Å². The maximum Gasteiger partial charge on any atom is 0.215 e. The van der Waals surface area contributed by atoms with Crippen LogP contribution in [0.5, 0.6) is 0 Å². The third-order valence-corrected chi connectivity index (χ3v) is 8.03. The third-order valence-electron chi connectivity index (χ3n) is 5.23. The molecule has 26 heavy (non-hydrogen) atoms. The molecule has 142 valence electrons. The fraction of sp³-hybridized carbons (Fsp3) is 0.500. The SMILES string of the molecule is Cc1ccc(CS(=O)(=O)NCC2(c3ccc(C(C)O)s3)CCCC2)cc1. The van der Waals surface area contributed by atoms with Crippen molar-refractivity contribution >= 4 is 21.4 Å². The van der Waals surface area contributed by atoms with Crippen LogP contribution >= 0.6 is 11.3 Å². The van der Waals surface area contributed by atoms with Crippen LogP contribution in [0.15, 0.2) is 36.4 Å². The highest BCUT2D eigenvalue weighted by Crippen LogP contribution is 2.44. The molecule has 0 radical (unpaired) electrons. The highest BCUT2D eigenvalue weighted by molar-refractivity contribution is 7.88. The van der Waals surface area contributed by atoms with E-state index in [1.807, 2.05) is 37.3 Å². The Kier molecular flexibility index (Phi) is 5.87. The van der Waals surface area contributed by atoms with Crippen LogP contribution in [0.2, 0.25) is 0 Å². The summed E-state index contributed by atoms with van der Waals surface area (Å²) in [5.74, 6) is 0.00667. The van der Waals surface area contributed by atoms with E-state index in [0.29, 0.717) is 6.54 Å². The maximum atomic E-state index is 12.6. The summed E-state index contributed by atoms with van der Waals surface area (Å²) in [4.78, 5) is 2.12. The second-order valence-electron chi connectivity index (χ2n) is 7.43. The summed E-state index contributed by atoms with van der Waals surface area (Å²) in [5.41, 5.74) is 1.78. The van der Waals surface area contributed by atoms with Crippen LogP contribution in [-0.4, -0.2) is 20.1 Å². The van der Waals surface area contributed by atoms with Crippen molar-refractivity contribution < 1.29 is 13.5 Å². The molecular formula is C20H27NO3S2. The Morgan fingerprint density at radius 1 is 1.15 bits per heavy atom. The van der Waals surface area contributed by atoms with E-state index < -0.39 is 16.1 Å². The van der Waals surface area contributed by atoms with Gasteiger partial charge < -0.3 is 5.11 Å². The zero-order chi connectivity index (χ0) is 18.8. The highest BCUT2D eigenvalue weighted by Gasteiger charge is 2.38. The van der Waals surface area contributed by atoms with Crippen LogP contribution < -0.4 is 4.72 Å². The number of thiophene rings is 1. The predicted molar refractivity (Wildman–Crippen MR) is 107 cm³/mol. The zero-order valence-corrected chi connectivity index (χ0v) is 17.0. The molecule has 1 atom stereocenters. The van der Waals surface area contributed by atoms with Crippen molar-refractivity contribution in [1.29, 1.82) is 0 Å². The number of rotatable bonds is 7. The van der Waals surface area contributed by atoms with E-state index in [9.17, 15) is 13.5 Å². The van der Waals surface area contributed by atoms with Gasteiger partial charge in [0.25, 0.3) is 0 Å². The van der Waals surface area contributed by atoms with Gasteiger partial charge in [-0.05, 0) is 44.4 Å². The Morgan fingerprint density at radius 3 is 2.38 bits per heavy atom. The number of nitrogens with one attached hydrogen (secondary N) is 1. The lowest BCUT2D eigenvalue weighted by Gasteiger charge is -2.28. The van der Waals surface area contributed by atoms with Crippen molar-refractivity contribution in [1.82, 2.24) is 4.72 Å². The standard InChI is InChI=1S/C20H27NO3S2/c1-15-5-7-17(8-6-15)13-26(23,24)21-14-20(11-3-4-12-20)19-10-9-18(25-19)16(2)22/h5-10,16,21-22H,3-4,11-14H2,1-2H3. The number of aryl methyl sites for hydroxylation is 1. The Balaban J connectivity index is 1.72. The summed E-state index contributed by atoms with van der Waals surface area (Å²) < 4.78 is 28.0. The average Bonchev–Trinajstić information content (AvgIpc) is 3.25. The van der Waals surface area contributed by atoms with Crippen molar-refractivity contribution in [3.05, 3.63) is 57.3 Å². The molecule has 0 bridgehead atoms. The molecule has 0 amide bonds. The van der Waals surface area contributed by atoms with Crippen molar-refractivity contribution in [2.24, 2.45) is 0 Å². The fourth-order valence-corrected chi connectivity index (χ4v) is 6.05. The van der Waals surface area contributed by atoms with Gasteiger partial charge in [-0.1, -0.05) is 42.7 Å². The fourth-order valence-electron chi connectivity index (χ4n) is 3.63. The van der Waals surface area contributed by atoms with E-state index in [-0.39, 0.29) is 11.2 Å². The van der Waals surface area contributed by atoms with Crippen LogP contribution in [0.25, 0.3) is 0 Å². The molecular weight excluding hydrogens is 366 g/mol.